The van der Waals surface area contributed by atoms with Crippen molar-refractivity contribution < 1.29 is 27.9 Å². The SMILES string of the molecule is CN1CCC(N(CC(=O)O)C(=O)C(F)(F)F)CC1. The van der Waals surface area contributed by atoms with Gasteiger partial charge in [0.15, 0.2) is 0 Å². The van der Waals surface area contributed by atoms with E-state index >= 15 is 0 Å². The molecule has 1 aliphatic heterocycles. The normalized spacial score (nSPS) is 18.7. The van der Waals surface area contributed by atoms with Crippen LogP contribution in [0.1, 0.15) is 12.8 Å². The van der Waals surface area contributed by atoms with E-state index in [2.05, 4.69) is 0 Å². The van der Waals surface area contributed by atoms with Crippen molar-refractivity contribution in [2.75, 3.05) is 26.7 Å². The zero-order valence-electron chi connectivity index (χ0n) is 9.90. The highest BCUT2D eigenvalue weighted by molar-refractivity contribution is 5.85. The van der Waals surface area contributed by atoms with Gasteiger partial charge in [-0.2, -0.15) is 13.2 Å². The van der Waals surface area contributed by atoms with Crippen LogP contribution in [0, 0.1) is 0 Å². The summed E-state index contributed by atoms with van der Waals surface area (Å²) in [6.07, 6.45) is -4.32. The Labute approximate surface area is 102 Å². The highest BCUT2D eigenvalue weighted by Gasteiger charge is 2.45. The number of amides is 1. The van der Waals surface area contributed by atoms with Crippen molar-refractivity contribution in [3.8, 4) is 0 Å². The van der Waals surface area contributed by atoms with Crippen LogP contribution >= 0.6 is 0 Å². The van der Waals surface area contributed by atoms with Crippen LogP contribution in [-0.2, 0) is 9.59 Å². The summed E-state index contributed by atoms with van der Waals surface area (Å²) in [5.74, 6) is -3.51. The van der Waals surface area contributed by atoms with E-state index in [1.54, 1.807) is 0 Å². The summed E-state index contributed by atoms with van der Waals surface area (Å²) in [5.41, 5.74) is 0. The minimum atomic E-state index is -5.03. The summed E-state index contributed by atoms with van der Waals surface area (Å²) >= 11 is 0. The number of piperidine rings is 1. The molecule has 0 saturated carbocycles. The van der Waals surface area contributed by atoms with Crippen molar-refractivity contribution in [2.24, 2.45) is 0 Å². The zero-order chi connectivity index (χ0) is 13.9. The Balaban J connectivity index is 2.78. The van der Waals surface area contributed by atoms with Gasteiger partial charge < -0.3 is 14.9 Å². The van der Waals surface area contributed by atoms with Gasteiger partial charge in [0, 0.05) is 6.04 Å². The van der Waals surface area contributed by atoms with Gasteiger partial charge in [0.1, 0.15) is 6.54 Å². The van der Waals surface area contributed by atoms with Crippen LogP contribution in [0.3, 0.4) is 0 Å². The lowest BCUT2D eigenvalue weighted by molar-refractivity contribution is -0.190. The topological polar surface area (TPSA) is 60.9 Å². The molecule has 0 aromatic rings. The molecule has 1 fully saturated rings. The number of alkyl halides is 3. The standard InChI is InChI=1S/C10H15F3N2O3/c1-14-4-2-7(3-5-14)15(6-8(16)17)9(18)10(11,12)13/h7H,2-6H2,1H3,(H,16,17). The maximum atomic E-state index is 12.4. The minimum absolute atomic E-state index is 0.353. The molecule has 0 radical (unpaired) electrons. The predicted molar refractivity (Wildman–Crippen MR) is 55.9 cm³/mol. The van der Waals surface area contributed by atoms with Crippen molar-refractivity contribution >= 4 is 11.9 Å². The average molecular weight is 268 g/mol. The Hall–Kier alpha value is -1.31. The summed E-state index contributed by atoms with van der Waals surface area (Å²) in [7, 11) is 1.82. The van der Waals surface area contributed by atoms with E-state index in [1.807, 2.05) is 11.9 Å². The molecule has 8 heteroatoms. The summed E-state index contributed by atoms with van der Waals surface area (Å²) < 4.78 is 37.2. The Morgan fingerprint density at radius 2 is 1.83 bits per heavy atom. The number of carboxylic acids is 1. The fourth-order valence-electron chi connectivity index (χ4n) is 1.98. The predicted octanol–water partition coefficient (Wildman–Crippen LogP) is 0.556. The lowest BCUT2D eigenvalue weighted by Gasteiger charge is -2.36. The van der Waals surface area contributed by atoms with Gasteiger partial charge in [-0.1, -0.05) is 0 Å². The molecule has 1 N–H and O–H groups in total. The quantitative estimate of drug-likeness (QED) is 0.812. The fraction of sp³-hybridized carbons (Fsp3) is 0.800. The molecule has 5 nitrogen and oxygen atoms in total. The number of likely N-dealkylation sites (tertiary alicyclic amines) is 1. The molecule has 0 unspecified atom stereocenters. The van der Waals surface area contributed by atoms with E-state index in [9.17, 15) is 22.8 Å². The first-order valence-corrected chi connectivity index (χ1v) is 5.50. The number of hydrogen-bond acceptors (Lipinski definition) is 3. The van der Waals surface area contributed by atoms with Crippen LogP contribution in [0.2, 0.25) is 0 Å². The molecule has 1 rings (SSSR count). The molecular formula is C10H15F3N2O3. The maximum absolute atomic E-state index is 12.4. The molecule has 1 amide bonds. The van der Waals surface area contributed by atoms with E-state index < -0.39 is 30.6 Å². The number of rotatable bonds is 3. The van der Waals surface area contributed by atoms with Crippen LogP contribution in [0.25, 0.3) is 0 Å². The Bertz CT molecular complexity index is 325. The molecule has 0 spiro atoms. The summed E-state index contributed by atoms with van der Waals surface area (Å²) in [4.78, 5) is 24.1. The van der Waals surface area contributed by atoms with Crippen LogP contribution in [0.5, 0.6) is 0 Å². The summed E-state index contributed by atoms with van der Waals surface area (Å²) in [6.45, 7) is 0.185. The van der Waals surface area contributed by atoms with Crippen LogP contribution in [0.4, 0.5) is 13.2 Å². The highest BCUT2D eigenvalue weighted by atomic mass is 19.4. The number of nitrogens with zero attached hydrogens (tertiary/aromatic N) is 2. The number of carbonyl (C=O) groups excluding carboxylic acids is 1. The molecule has 0 aromatic heterocycles. The van der Waals surface area contributed by atoms with Gasteiger partial charge in [0.2, 0.25) is 0 Å². The van der Waals surface area contributed by atoms with Gasteiger partial charge in [0.05, 0.1) is 0 Å². The number of hydrogen-bond donors (Lipinski definition) is 1. The van der Waals surface area contributed by atoms with Crippen molar-refractivity contribution in [3.05, 3.63) is 0 Å². The van der Waals surface area contributed by atoms with Gasteiger partial charge in [0.25, 0.3) is 0 Å². The first-order valence-electron chi connectivity index (χ1n) is 5.50. The smallest absolute Gasteiger partial charge is 0.471 e. The third-order valence-electron chi connectivity index (χ3n) is 2.94. The second-order valence-electron chi connectivity index (χ2n) is 4.36. The molecule has 104 valence electrons. The second-order valence-corrected chi connectivity index (χ2v) is 4.36. The van der Waals surface area contributed by atoms with E-state index in [0.29, 0.717) is 30.8 Å². The third-order valence-corrected chi connectivity index (χ3v) is 2.94. The Morgan fingerprint density at radius 3 is 2.22 bits per heavy atom. The lowest BCUT2D eigenvalue weighted by Crippen LogP contribution is -2.52. The van der Waals surface area contributed by atoms with Gasteiger partial charge >= 0.3 is 18.1 Å². The Morgan fingerprint density at radius 1 is 1.33 bits per heavy atom. The van der Waals surface area contributed by atoms with Gasteiger partial charge in [-0.05, 0) is 33.0 Å². The molecule has 0 aliphatic carbocycles. The van der Waals surface area contributed by atoms with Crippen LogP contribution in [-0.4, -0.2) is 65.7 Å². The van der Waals surface area contributed by atoms with Gasteiger partial charge in [-0.25, -0.2) is 0 Å². The fourth-order valence-corrected chi connectivity index (χ4v) is 1.98. The number of aliphatic carboxylic acids is 1. The highest BCUT2D eigenvalue weighted by Crippen LogP contribution is 2.23. The molecule has 1 saturated heterocycles. The number of carbonyl (C=O) groups is 2. The van der Waals surface area contributed by atoms with E-state index in [4.69, 9.17) is 5.11 Å². The van der Waals surface area contributed by atoms with E-state index in [0.717, 1.165) is 0 Å². The summed E-state index contributed by atoms with van der Waals surface area (Å²) in [6, 6.07) is -0.661. The molecule has 18 heavy (non-hydrogen) atoms. The third kappa shape index (κ3) is 3.86. The molecular weight excluding hydrogens is 253 g/mol. The largest absolute Gasteiger partial charge is 0.480 e. The molecule has 1 heterocycles. The average Bonchev–Trinajstić information content (AvgIpc) is 2.25. The first kappa shape index (κ1) is 14.7. The molecule has 1 aliphatic rings. The van der Waals surface area contributed by atoms with Crippen LogP contribution < -0.4 is 0 Å². The Kier molecular flexibility index (Phi) is 4.55. The van der Waals surface area contributed by atoms with Crippen molar-refractivity contribution in [1.82, 2.24) is 9.80 Å². The molecule has 0 aromatic carbocycles. The zero-order valence-corrected chi connectivity index (χ0v) is 9.90. The monoisotopic (exact) mass is 268 g/mol. The minimum Gasteiger partial charge on any atom is -0.480 e. The lowest BCUT2D eigenvalue weighted by atomic mass is 10.0. The van der Waals surface area contributed by atoms with Crippen molar-refractivity contribution in [2.45, 2.75) is 25.1 Å². The van der Waals surface area contributed by atoms with Crippen molar-refractivity contribution in [3.63, 3.8) is 0 Å². The first-order chi connectivity index (χ1) is 8.21. The van der Waals surface area contributed by atoms with Crippen LogP contribution in [0.15, 0.2) is 0 Å². The van der Waals surface area contributed by atoms with Gasteiger partial charge in [-0.3, -0.25) is 9.59 Å². The van der Waals surface area contributed by atoms with E-state index in [-0.39, 0.29) is 0 Å². The number of carboxylic acid groups (broad SMARTS) is 1. The maximum Gasteiger partial charge on any atom is 0.471 e. The summed E-state index contributed by atoms with van der Waals surface area (Å²) in [5, 5.41) is 8.61. The van der Waals surface area contributed by atoms with Gasteiger partial charge in [-0.15, -0.1) is 0 Å². The number of halogens is 3. The second kappa shape index (κ2) is 5.55. The molecule has 0 atom stereocenters. The van der Waals surface area contributed by atoms with E-state index in [1.165, 1.54) is 0 Å². The van der Waals surface area contributed by atoms with Crippen molar-refractivity contribution in [1.29, 1.82) is 0 Å². The molecule has 0 bridgehead atoms.